The summed E-state index contributed by atoms with van der Waals surface area (Å²) in [7, 11) is 0. The van der Waals surface area contributed by atoms with Gasteiger partial charge in [-0.15, -0.1) is 29.3 Å². The predicted molar refractivity (Wildman–Crippen MR) is 210 cm³/mol. The SMILES string of the molecule is CC(C)c1ccc2oc3c(c2c1)C(C)(C)c1c(-c2nccc4c2oc2ccccc24)[c-]ccc1-3.CCC(C)(CC)C(=O)/C=C(\O)C(C)(CC)CC.[Ir]. The first-order chi connectivity index (χ1) is 24.2. The molecule has 6 aromatic rings. The van der Waals surface area contributed by atoms with Gasteiger partial charge in [-0.2, -0.15) is 0 Å². The number of aromatic nitrogens is 1. The van der Waals surface area contributed by atoms with Crippen molar-refractivity contribution >= 4 is 38.7 Å². The van der Waals surface area contributed by atoms with Gasteiger partial charge in [0.05, 0.1) is 0 Å². The minimum absolute atomic E-state index is 0. The van der Waals surface area contributed by atoms with Crippen LogP contribution in [0.1, 0.15) is 118 Å². The quantitative estimate of drug-likeness (QED) is 0.0889. The maximum absolute atomic E-state index is 12.2. The number of aliphatic hydroxyl groups excluding tert-OH is 1. The van der Waals surface area contributed by atoms with Crippen LogP contribution in [0.25, 0.3) is 55.5 Å². The second-order valence-electron chi connectivity index (χ2n) is 15.5. The number of para-hydroxylation sites is 1. The van der Waals surface area contributed by atoms with Crippen molar-refractivity contribution in [2.75, 3.05) is 0 Å². The average Bonchev–Trinajstić information content (AvgIpc) is 3.79. The minimum atomic E-state index is -0.337. The molecule has 0 atom stereocenters. The molecule has 0 bridgehead atoms. The van der Waals surface area contributed by atoms with Crippen LogP contribution in [0, 0.1) is 16.9 Å². The van der Waals surface area contributed by atoms with Crippen molar-refractivity contribution in [1.82, 2.24) is 4.98 Å². The molecular weight excluding hydrogens is 823 g/mol. The molecule has 0 amide bonds. The number of pyridine rings is 1. The normalized spacial score (nSPS) is 13.9. The fourth-order valence-corrected chi connectivity index (χ4v) is 7.45. The Morgan fingerprint density at radius 3 is 2.17 bits per heavy atom. The molecule has 1 aliphatic carbocycles. The smallest absolute Gasteiger partial charge is 0.164 e. The van der Waals surface area contributed by atoms with Crippen LogP contribution in [0.5, 0.6) is 0 Å². The van der Waals surface area contributed by atoms with Gasteiger partial charge in [-0.1, -0.05) is 99.1 Å². The van der Waals surface area contributed by atoms with Gasteiger partial charge in [0.25, 0.3) is 0 Å². The molecule has 1 radical (unpaired) electrons. The number of ketones is 1. The Kier molecular flexibility index (Phi) is 11.2. The van der Waals surface area contributed by atoms with Crippen molar-refractivity contribution in [1.29, 1.82) is 0 Å². The van der Waals surface area contributed by atoms with Gasteiger partial charge in [0.2, 0.25) is 0 Å². The molecule has 0 saturated heterocycles. The van der Waals surface area contributed by atoms with Crippen LogP contribution in [0.3, 0.4) is 0 Å². The van der Waals surface area contributed by atoms with Crippen LogP contribution in [-0.2, 0) is 30.3 Å². The maximum Gasteiger partial charge on any atom is 0.164 e. The van der Waals surface area contributed by atoms with E-state index in [-0.39, 0.29) is 47.9 Å². The summed E-state index contributed by atoms with van der Waals surface area (Å²) in [5.74, 6) is 1.71. The molecule has 1 N–H and O–H groups in total. The van der Waals surface area contributed by atoms with E-state index in [4.69, 9.17) is 13.8 Å². The number of allylic oxidation sites excluding steroid dienone is 2. The van der Waals surface area contributed by atoms with E-state index in [1.807, 2.05) is 78.1 Å². The molecule has 0 fully saturated rings. The zero-order valence-electron chi connectivity index (χ0n) is 32.3. The van der Waals surface area contributed by atoms with E-state index >= 15 is 0 Å². The van der Waals surface area contributed by atoms with E-state index in [2.05, 4.69) is 64.1 Å². The number of benzene rings is 3. The number of aliphatic hydroxyl groups is 1. The summed E-state index contributed by atoms with van der Waals surface area (Å²) < 4.78 is 12.8. The topological polar surface area (TPSA) is 76.5 Å². The number of nitrogens with zero attached hydrogens (tertiary/aromatic N) is 1. The van der Waals surface area contributed by atoms with Crippen molar-refractivity contribution in [3.63, 3.8) is 0 Å². The van der Waals surface area contributed by atoms with Gasteiger partial charge in [0.1, 0.15) is 28.3 Å². The molecule has 7 rings (SSSR count). The summed E-state index contributed by atoms with van der Waals surface area (Å²) in [6.45, 7) is 21.1. The number of hydrogen-bond acceptors (Lipinski definition) is 5. The summed E-state index contributed by atoms with van der Waals surface area (Å²) in [4.78, 5) is 17.0. The van der Waals surface area contributed by atoms with Crippen LogP contribution in [0.4, 0.5) is 0 Å². The molecule has 0 saturated carbocycles. The van der Waals surface area contributed by atoms with Crippen LogP contribution in [0.2, 0.25) is 0 Å². The Balaban J connectivity index is 0.000000250. The van der Waals surface area contributed by atoms with Crippen molar-refractivity contribution in [3.8, 4) is 22.6 Å². The Labute approximate surface area is 322 Å². The number of carbonyl (C=O) groups is 1. The molecule has 275 valence electrons. The number of rotatable bonds is 9. The van der Waals surface area contributed by atoms with Crippen molar-refractivity contribution in [2.24, 2.45) is 10.8 Å². The fraction of sp³-hybridized carbons (Fsp3) is 0.391. The first-order valence-electron chi connectivity index (χ1n) is 18.6. The minimum Gasteiger partial charge on any atom is -0.512 e. The summed E-state index contributed by atoms with van der Waals surface area (Å²) in [5.41, 5.74) is 8.44. The molecule has 52 heavy (non-hydrogen) atoms. The summed E-state index contributed by atoms with van der Waals surface area (Å²) >= 11 is 0. The zero-order valence-corrected chi connectivity index (χ0v) is 34.7. The second-order valence-corrected chi connectivity index (χ2v) is 15.5. The van der Waals surface area contributed by atoms with Crippen molar-refractivity contribution in [3.05, 3.63) is 101 Å². The van der Waals surface area contributed by atoms with E-state index in [0.717, 1.165) is 75.8 Å². The predicted octanol–water partition coefficient (Wildman–Crippen LogP) is 13.3. The third kappa shape index (κ3) is 6.47. The van der Waals surface area contributed by atoms with Crippen LogP contribution < -0.4 is 0 Å². The fourth-order valence-electron chi connectivity index (χ4n) is 7.45. The molecule has 0 unspecified atom stereocenters. The summed E-state index contributed by atoms with van der Waals surface area (Å²) in [6.07, 6.45) is 6.63. The number of fused-ring (bicyclic) bond motifs is 8. The molecule has 6 heteroatoms. The van der Waals surface area contributed by atoms with Gasteiger partial charge in [0.15, 0.2) is 5.78 Å². The van der Waals surface area contributed by atoms with Crippen molar-refractivity contribution < 1.29 is 38.8 Å². The van der Waals surface area contributed by atoms with Gasteiger partial charge in [-0.25, -0.2) is 0 Å². The van der Waals surface area contributed by atoms with Gasteiger partial charge < -0.3 is 18.9 Å². The Morgan fingerprint density at radius 1 is 0.865 bits per heavy atom. The van der Waals surface area contributed by atoms with E-state index < -0.39 is 0 Å². The van der Waals surface area contributed by atoms with E-state index in [0.29, 0.717) is 5.92 Å². The molecule has 3 aromatic carbocycles. The monoisotopic (exact) mass is 875 g/mol. The first kappa shape index (κ1) is 39.2. The molecular formula is C46H52IrNO4-. The Bertz CT molecular complexity index is 2280. The first-order valence-corrected chi connectivity index (χ1v) is 18.6. The molecule has 0 spiro atoms. The second kappa shape index (κ2) is 14.8. The van der Waals surface area contributed by atoms with E-state index in [9.17, 15) is 9.90 Å². The van der Waals surface area contributed by atoms with E-state index in [1.165, 1.54) is 28.2 Å². The molecule has 1 aliphatic rings. The largest absolute Gasteiger partial charge is 0.512 e. The van der Waals surface area contributed by atoms with Gasteiger partial charge in [0, 0.05) is 70.6 Å². The molecule has 0 aliphatic heterocycles. The molecule has 3 aromatic heterocycles. The standard InChI is InChI=1S/C31H24NO2.C15H28O2.Ir/c1-17(2)18-12-13-25-23(16-18)27-29(33-25)22-10-7-9-21(26(22)31(27,3)4)28-30-20(14-15-32-28)19-8-5-6-11-24(19)34-30;1-7-14(5,8-2)12(16)11-13(17)15(6,9-3)10-4;/h5-8,10-17H,1-4H3;11,16H,7-10H2,1-6H3;/q-1;;/b;12-11-;. The van der Waals surface area contributed by atoms with Crippen LogP contribution in [0.15, 0.2) is 87.5 Å². The van der Waals surface area contributed by atoms with Gasteiger partial charge in [-0.05, 0) is 66.8 Å². The third-order valence-corrected chi connectivity index (χ3v) is 12.0. The van der Waals surface area contributed by atoms with Crippen LogP contribution in [-0.4, -0.2) is 15.9 Å². The Hall–Kier alpha value is -3.99. The maximum atomic E-state index is 12.2. The summed E-state index contributed by atoms with van der Waals surface area (Å²) in [6, 6.07) is 24.4. The molecule has 3 heterocycles. The zero-order chi connectivity index (χ0) is 36.9. The number of carbonyl (C=O) groups excluding carboxylic acids is 1. The van der Waals surface area contributed by atoms with Gasteiger partial charge in [-0.3, -0.25) is 4.79 Å². The van der Waals surface area contributed by atoms with Gasteiger partial charge >= 0.3 is 0 Å². The Morgan fingerprint density at radius 2 is 1.52 bits per heavy atom. The number of furan rings is 2. The number of hydrogen-bond donors (Lipinski definition) is 1. The third-order valence-electron chi connectivity index (χ3n) is 12.0. The summed E-state index contributed by atoms with van der Waals surface area (Å²) in [5, 5.41) is 13.5. The van der Waals surface area contributed by atoms with Crippen LogP contribution >= 0.6 is 0 Å². The van der Waals surface area contributed by atoms with Crippen molar-refractivity contribution in [2.45, 2.75) is 106 Å². The van der Waals surface area contributed by atoms with E-state index in [1.54, 1.807) is 0 Å². The average molecular weight is 875 g/mol. The molecule has 5 nitrogen and oxygen atoms in total.